The van der Waals surface area contributed by atoms with Crippen molar-refractivity contribution >= 4 is 15.9 Å². The van der Waals surface area contributed by atoms with E-state index in [-0.39, 0.29) is 17.5 Å². The Morgan fingerprint density at radius 1 is 1.63 bits per heavy atom. The zero-order valence-corrected chi connectivity index (χ0v) is 12.6. The number of benzene rings is 1. The number of ether oxygens (including phenoxy) is 1. The minimum atomic E-state index is -0.510. The van der Waals surface area contributed by atoms with E-state index in [0.717, 1.165) is 13.0 Å². The van der Waals surface area contributed by atoms with Crippen LogP contribution >= 0.6 is 15.9 Å². The van der Waals surface area contributed by atoms with Gasteiger partial charge in [-0.05, 0) is 32.0 Å². The standard InChI is InChI=1S/C13H18BrFN2O2/c1-17-6-7(5-16)3-9(17)11-8(14)4-10(18)13(19-2)12(11)15/h4,7,9,18H,3,5-6,16H2,1-2H3. The molecule has 2 atom stereocenters. The molecular formula is C13H18BrFN2O2. The molecule has 6 heteroatoms. The van der Waals surface area contributed by atoms with E-state index in [0.29, 0.717) is 22.5 Å². The van der Waals surface area contributed by atoms with Crippen molar-refractivity contribution in [2.45, 2.75) is 12.5 Å². The third-order valence-electron chi connectivity index (χ3n) is 3.69. The van der Waals surface area contributed by atoms with Gasteiger partial charge in [-0.25, -0.2) is 4.39 Å². The highest BCUT2D eigenvalue weighted by Gasteiger charge is 2.34. The highest BCUT2D eigenvalue weighted by molar-refractivity contribution is 9.10. The van der Waals surface area contributed by atoms with Crippen LogP contribution < -0.4 is 10.5 Å². The van der Waals surface area contributed by atoms with Crippen LogP contribution in [0.1, 0.15) is 18.0 Å². The molecule has 0 aromatic heterocycles. The first kappa shape index (κ1) is 14.6. The Hall–Kier alpha value is -0.850. The first-order valence-corrected chi connectivity index (χ1v) is 6.94. The molecule has 0 saturated carbocycles. The summed E-state index contributed by atoms with van der Waals surface area (Å²) in [4.78, 5) is 2.08. The van der Waals surface area contributed by atoms with E-state index in [1.807, 2.05) is 7.05 Å². The summed E-state index contributed by atoms with van der Waals surface area (Å²) < 4.78 is 20.0. The second-order valence-corrected chi connectivity index (χ2v) is 5.79. The molecule has 2 rings (SSSR count). The number of rotatable bonds is 3. The predicted molar refractivity (Wildman–Crippen MR) is 74.8 cm³/mol. The number of phenols is 1. The maximum atomic E-state index is 14.5. The van der Waals surface area contributed by atoms with Crippen molar-refractivity contribution < 1.29 is 14.2 Å². The number of phenolic OH excluding ortho intramolecular Hbond substituents is 1. The van der Waals surface area contributed by atoms with Crippen LogP contribution in [0.2, 0.25) is 0 Å². The smallest absolute Gasteiger partial charge is 0.196 e. The van der Waals surface area contributed by atoms with E-state index in [1.54, 1.807) is 0 Å². The first-order chi connectivity index (χ1) is 8.99. The monoisotopic (exact) mass is 332 g/mol. The van der Waals surface area contributed by atoms with Crippen LogP contribution in [0.5, 0.6) is 11.5 Å². The van der Waals surface area contributed by atoms with Gasteiger partial charge in [0.25, 0.3) is 0 Å². The topological polar surface area (TPSA) is 58.7 Å². The average Bonchev–Trinajstić information content (AvgIpc) is 2.71. The molecule has 0 amide bonds. The number of likely N-dealkylation sites (tertiary alicyclic amines) is 1. The molecule has 3 N–H and O–H groups in total. The third-order valence-corrected chi connectivity index (χ3v) is 4.35. The van der Waals surface area contributed by atoms with Gasteiger partial charge in [0.1, 0.15) is 0 Å². The van der Waals surface area contributed by atoms with Crippen LogP contribution in [-0.2, 0) is 0 Å². The van der Waals surface area contributed by atoms with Gasteiger partial charge in [0, 0.05) is 22.6 Å². The molecule has 1 aromatic rings. The molecule has 19 heavy (non-hydrogen) atoms. The van der Waals surface area contributed by atoms with E-state index in [4.69, 9.17) is 10.5 Å². The van der Waals surface area contributed by atoms with E-state index in [1.165, 1.54) is 13.2 Å². The van der Waals surface area contributed by atoms with E-state index < -0.39 is 5.82 Å². The van der Waals surface area contributed by atoms with Crippen LogP contribution in [0.3, 0.4) is 0 Å². The molecule has 1 fully saturated rings. The van der Waals surface area contributed by atoms with Crippen molar-refractivity contribution in [2.75, 3.05) is 27.2 Å². The van der Waals surface area contributed by atoms with Gasteiger partial charge in [0.05, 0.1) is 7.11 Å². The van der Waals surface area contributed by atoms with Crippen molar-refractivity contribution in [3.05, 3.63) is 21.9 Å². The summed E-state index contributed by atoms with van der Waals surface area (Å²) in [6, 6.07) is 1.42. The van der Waals surface area contributed by atoms with Crippen LogP contribution in [-0.4, -0.2) is 37.3 Å². The molecule has 1 saturated heterocycles. The average molecular weight is 333 g/mol. The first-order valence-electron chi connectivity index (χ1n) is 6.14. The Bertz CT molecular complexity index is 484. The maximum Gasteiger partial charge on any atom is 0.196 e. The second kappa shape index (κ2) is 5.64. The van der Waals surface area contributed by atoms with Crippen LogP contribution in [0.15, 0.2) is 10.5 Å². The lowest BCUT2D eigenvalue weighted by Crippen LogP contribution is -2.21. The fourth-order valence-corrected chi connectivity index (χ4v) is 3.37. The van der Waals surface area contributed by atoms with Crippen molar-refractivity contribution in [1.82, 2.24) is 4.90 Å². The summed E-state index contributed by atoms with van der Waals surface area (Å²) in [7, 11) is 3.29. The second-order valence-electron chi connectivity index (χ2n) is 4.93. The van der Waals surface area contributed by atoms with E-state index in [2.05, 4.69) is 20.8 Å². The fraction of sp³-hybridized carbons (Fsp3) is 0.538. The minimum Gasteiger partial charge on any atom is -0.504 e. The number of hydrogen-bond acceptors (Lipinski definition) is 4. The predicted octanol–water partition coefficient (Wildman–Crippen LogP) is 2.25. The van der Waals surface area contributed by atoms with Crippen molar-refractivity contribution in [2.24, 2.45) is 11.7 Å². The Balaban J connectivity index is 2.45. The zero-order valence-electron chi connectivity index (χ0n) is 11.0. The van der Waals surface area contributed by atoms with Crippen molar-refractivity contribution in [3.8, 4) is 11.5 Å². The zero-order chi connectivity index (χ0) is 14.2. The lowest BCUT2D eigenvalue weighted by Gasteiger charge is -2.22. The molecule has 0 aliphatic carbocycles. The highest BCUT2D eigenvalue weighted by atomic mass is 79.9. The highest BCUT2D eigenvalue weighted by Crippen LogP contribution is 2.44. The van der Waals surface area contributed by atoms with Gasteiger partial charge < -0.3 is 15.6 Å². The molecule has 0 bridgehead atoms. The van der Waals surface area contributed by atoms with E-state index >= 15 is 0 Å². The summed E-state index contributed by atoms with van der Waals surface area (Å²) in [6.07, 6.45) is 0.802. The molecule has 1 aromatic carbocycles. The summed E-state index contributed by atoms with van der Waals surface area (Å²) >= 11 is 3.33. The molecule has 1 aliphatic heterocycles. The molecule has 1 heterocycles. The summed E-state index contributed by atoms with van der Waals surface area (Å²) in [5.74, 6) is -0.459. The van der Waals surface area contributed by atoms with Gasteiger partial charge in [0.2, 0.25) is 0 Å². The van der Waals surface area contributed by atoms with Crippen LogP contribution in [0.4, 0.5) is 4.39 Å². The largest absolute Gasteiger partial charge is 0.504 e. The van der Waals surface area contributed by atoms with Crippen molar-refractivity contribution in [3.63, 3.8) is 0 Å². The number of aromatic hydroxyl groups is 1. The molecule has 2 unspecified atom stereocenters. The molecule has 4 nitrogen and oxygen atoms in total. The number of nitrogens with two attached hydrogens (primary N) is 1. The Morgan fingerprint density at radius 3 is 2.84 bits per heavy atom. The number of methoxy groups -OCH3 is 1. The minimum absolute atomic E-state index is 0.0579. The van der Waals surface area contributed by atoms with E-state index in [9.17, 15) is 9.50 Å². The van der Waals surface area contributed by atoms with Gasteiger partial charge in [-0.2, -0.15) is 0 Å². The van der Waals surface area contributed by atoms with Crippen LogP contribution in [0, 0.1) is 11.7 Å². The third kappa shape index (κ3) is 2.57. The molecule has 0 radical (unpaired) electrons. The normalized spacial score (nSPS) is 23.8. The summed E-state index contributed by atoms with van der Waals surface area (Å²) in [6.45, 7) is 1.44. The fourth-order valence-electron chi connectivity index (χ4n) is 2.72. The van der Waals surface area contributed by atoms with Gasteiger partial charge in [-0.1, -0.05) is 15.9 Å². The molecule has 1 aliphatic rings. The Kier molecular flexibility index (Phi) is 4.32. The van der Waals surface area contributed by atoms with Crippen molar-refractivity contribution in [1.29, 1.82) is 0 Å². The molecular weight excluding hydrogens is 315 g/mol. The number of hydrogen-bond donors (Lipinski definition) is 2. The number of halogens is 2. The van der Waals surface area contributed by atoms with Crippen LogP contribution in [0.25, 0.3) is 0 Å². The number of nitrogens with zero attached hydrogens (tertiary/aromatic N) is 1. The quantitative estimate of drug-likeness (QED) is 0.891. The Morgan fingerprint density at radius 2 is 2.32 bits per heavy atom. The SMILES string of the molecule is COc1c(O)cc(Br)c(C2CC(CN)CN2C)c1F. The summed E-state index contributed by atoms with van der Waals surface area (Å²) in [5, 5.41) is 9.67. The lowest BCUT2D eigenvalue weighted by molar-refractivity contribution is 0.297. The molecule has 0 spiro atoms. The van der Waals surface area contributed by atoms with Gasteiger partial charge >= 0.3 is 0 Å². The lowest BCUT2D eigenvalue weighted by atomic mass is 9.99. The van der Waals surface area contributed by atoms with Gasteiger partial charge in [-0.3, -0.25) is 4.90 Å². The van der Waals surface area contributed by atoms with Gasteiger partial charge in [-0.15, -0.1) is 0 Å². The summed E-state index contributed by atoms with van der Waals surface area (Å²) in [5.41, 5.74) is 6.22. The maximum absolute atomic E-state index is 14.5. The Labute approximate surface area is 120 Å². The molecule has 106 valence electrons. The van der Waals surface area contributed by atoms with Gasteiger partial charge in [0.15, 0.2) is 17.3 Å².